The van der Waals surface area contributed by atoms with E-state index in [4.69, 9.17) is 4.74 Å². The molecule has 0 aliphatic heterocycles. The predicted molar refractivity (Wildman–Crippen MR) is 95.6 cm³/mol. The molecule has 1 aromatic heterocycles. The minimum absolute atomic E-state index is 0.142. The number of benzene rings is 1. The molecule has 0 aliphatic rings. The Morgan fingerprint density at radius 1 is 1.19 bits per heavy atom. The van der Waals surface area contributed by atoms with Crippen LogP contribution in [0.25, 0.3) is 0 Å². The summed E-state index contributed by atoms with van der Waals surface area (Å²) in [7, 11) is 3.18. The minimum Gasteiger partial charge on any atom is -0.481 e. The number of alkyl halides is 2. The molecule has 1 heterocycles. The molecule has 2 rings (SSSR count). The van der Waals surface area contributed by atoms with Crippen LogP contribution in [0, 0.1) is 6.92 Å². The van der Waals surface area contributed by atoms with E-state index in [1.807, 2.05) is 19.1 Å². The molecule has 8 heteroatoms. The molecule has 0 saturated heterocycles. The van der Waals surface area contributed by atoms with Gasteiger partial charge in [0.05, 0.1) is 19.3 Å². The third-order valence-corrected chi connectivity index (χ3v) is 3.53. The van der Waals surface area contributed by atoms with Crippen LogP contribution in [0.1, 0.15) is 16.8 Å². The van der Waals surface area contributed by atoms with Gasteiger partial charge in [0.15, 0.2) is 5.96 Å². The normalized spacial score (nSPS) is 11.4. The lowest BCUT2D eigenvalue weighted by atomic mass is 10.1. The number of halogens is 2. The van der Waals surface area contributed by atoms with Crippen molar-refractivity contribution in [3.8, 4) is 11.6 Å². The Balaban J connectivity index is 1.97. The van der Waals surface area contributed by atoms with E-state index in [1.165, 1.54) is 6.07 Å². The Bertz CT molecular complexity index is 754. The van der Waals surface area contributed by atoms with E-state index >= 15 is 0 Å². The molecule has 2 aromatic rings. The fraction of sp³-hybridized carbons (Fsp3) is 0.333. The van der Waals surface area contributed by atoms with Crippen molar-refractivity contribution in [2.24, 2.45) is 4.99 Å². The average Bonchev–Trinajstić information content (AvgIpc) is 2.63. The van der Waals surface area contributed by atoms with E-state index in [9.17, 15) is 8.78 Å². The van der Waals surface area contributed by atoms with E-state index < -0.39 is 6.61 Å². The van der Waals surface area contributed by atoms with Gasteiger partial charge in [-0.3, -0.25) is 4.99 Å². The number of hydrogen-bond donors (Lipinski definition) is 2. The summed E-state index contributed by atoms with van der Waals surface area (Å²) in [6.07, 6.45) is 0. The number of methoxy groups -OCH3 is 1. The summed E-state index contributed by atoms with van der Waals surface area (Å²) in [6, 6.07) is 10.5. The van der Waals surface area contributed by atoms with Gasteiger partial charge in [0.1, 0.15) is 5.75 Å². The zero-order chi connectivity index (χ0) is 18.9. The molecule has 0 unspecified atom stereocenters. The zero-order valence-electron chi connectivity index (χ0n) is 14.9. The van der Waals surface area contributed by atoms with Crippen molar-refractivity contribution < 1.29 is 18.3 Å². The first-order valence-electron chi connectivity index (χ1n) is 8.00. The van der Waals surface area contributed by atoms with E-state index in [-0.39, 0.29) is 12.3 Å². The van der Waals surface area contributed by atoms with E-state index in [2.05, 4.69) is 25.3 Å². The van der Waals surface area contributed by atoms with Crippen molar-refractivity contribution in [2.45, 2.75) is 26.6 Å². The van der Waals surface area contributed by atoms with Gasteiger partial charge in [0.25, 0.3) is 0 Å². The fourth-order valence-corrected chi connectivity index (χ4v) is 2.30. The quantitative estimate of drug-likeness (QED) is 0.584. The average molecular weight is 364 g/mol. The van der Waals surface area contributed by atoms with Crippen LogP contribution in [-0.4, -0.2) is 31.7 Å². The van der Waals surface area contributed by atoms with Crippen LogP contribution in [0.2, 0.25) is 0 Å². The number of guanidine groups is 1. The molecule has 6 nitrogen and oxygen atoms in total. The van der Waals surface area contributed by atoms with Crippen LogP contribution in [0.15, 0.2) is 41.4 Å². The number of rotatable bonds is 7. The number of pyridine rings is 1. The highest BCUT2D eigenvalue weighted by Crippen LogP contribution is 2.21. The topological polar surface area (TPSA) is 67.8 Å². The van der Waals surface area contributed by atoms with Gasteiger partial charge in [0, 0.05) is 25.2 Å². The fourth-order valence-electron chi connectivity index (χ4n) is 2.30. The number of ether oxygens (including phenoxy) is 2. The second kappa shape index (κ2) is 9.55. The summed E-state index contributed by atoms with van der Waals surface area (Å²) in [4.78, 5) is 8.42. The Kier molecular flexibility index (Phi) is 7.13. The predicted octanol–water partition coefficient (Wildman–Crippen LogP) is 2.87. The van der Waals surface area contributed by atoms with Gasteiger partial charge >= 0.3 is 6.61 Å². The maximum atomic E-state index is 12.5. The molecule has 0 saturated carbocycles. The molecule has 0 fully saturated rings. The molecule has 1 aromatic carbocycles. The summed E-state index contributed by atoms with van der Waals surface area (Å²) in [6.45, 7) is -0.259. The van der Waals surface area contributed by atoms with Crippen molar-refractivity contribution >= 4 is 5.96 Å². The molecule has 26 heavy (non-hydrogen) atoms. The van der Waals surface area contributed by atoms with Gasteiger partial charge in [-0.1, -0.05) is 23.8 Å². The van der Waals surface area contributed by atoms with Crippen LogP contribution >= 0.6 is 0 Å². The summed E-state index contributed by atoms with van der Waals surface area (Å²) in [5.41, 5.74) is 2.35. The third-order valence-electron chi connectivity index (χ3n) is 3.53. The highest BCUT2D eigenvalue weighted by Gasteiger charge is 2.10. The van der Waals surface area contributed by atoms with Gasteiger partial charge in [-0.05, 0) is 19.1 Å². The van der Waals surface area contributed by atoms with Crippen LogP contribution in [-0.2, 0) is 13.1 Å². The van der Waals surface area contributed by atoms with Crippen molar-refractivity contribution in [1.29, 1.82) is 0 Å². The first-order chi connectivity index (χ1) is 12.5. The Morgan fingerprint density at radius 3 is 2.65 bits per heavy atom. The van der Waals surface area contributed by atoms with Gasteiger partial charge in [0.2, 0.25) is 5.88 Å². The van der Waals surface area contributed by atoms with Crippen LogP contribution < -0.4 is 20.1 Å². The second-order valence-electron chi connectivity index (χ2n) is 5.44. The smallest absolute Gasteiger partial charge is 0.387 e. The number of aromatic nitrogens is 1. The molecule has 0 spiro atoms. The Labute approximate surface area is 151 Å². The first kappa shape index (κ1) is 19.4. The van der Waals surface area contributed by atoms with Crippen molar-refractivity contribution in [2.75, 3.05) is 14.2 Å². The van der Waals surface area contributed by atoms with Gasteiger partial charge in [-0.15, -0.1) is 0 Å². The van der Waals surface area contributed by atoms with Crippen molar-refractivity contribution in [1.82, 2.24) is 15.6 Å². The van der Waals surface area contributed by atoms with E-state index in [0.29, 0.717) is 23.9 Å². The van der Waals surface area contributed by atoms with Gasteiger partial charge in [-0.25, -0.2) is 4.98 Å². The lowest BCUT2D eigenvalue weighted by Gasteiger charge is -2.15. The summed E-state index contributed by atoms with van der Waals surface area (Å²) in [5.74, 6) is 1.18. The molecule has 2 N–H and O–H groups in total. The molecular formula is C18H22F2N4O2. The summed E-state index contributed by atoms with van der Waals surface area (Å²) < 4.78 is 34.7. The lowest BCUT2D eigenvalue weighted by molar-refractivity contribution is -0.0504. The number of nitrogens with zero attached hydrogens (tertiary/aromatic N) is 2. The number of nitrogens with one attached hydrogen (secondary N) is 2. The van der Waals surface area contributed by atoms with E-state index in [0.717, 1.165) is 11.3 Å². The number of aryl methyl sites for hydroxylation is 1. The van der Waals surface area contributed by atoms with Gasteiger partial charge < -0.3 is 20.1 Å². The van der Waals surface area contributed by atoms with Crippen LogP contribution in [0.5, 0.6) is 11.6 Å². The summed E-state index contributed by atoms with van der Waals surface area (Å²) in [5, 5.41) is 6.19. The maximum Gasteiger partial charge on any atom is 0.387 e. The second-order valence-corrected chi connectivity index (χ2v) is 5.44. The Hall–Kier alpha value is -2.90. The number of hydrogen-bond acceptors (Lipinski definition) is 4. The molecule has 140 valence electrons. The lowest BCUT2D eigenvalue weighted by Crippen LogP contribution is -2.36. The highest BCUT2D eigenvalue weighted by molar-refractivity contribution is 5.79. The third kappa shape index (κ3) is 5.87. The summed E-state index contributed by atoms with van der Waals surface area (Å²) >= 11 is 0. The first-order valence-corrected chi connectivity index (χ1v) is 8.00. The van der Waals surface area contributed by atoms with Crippen LogP contribution in [0.3, 0.4) is 0 Å². The highest BCUT2D eigenvalue weighted by atomic mass is 19.3. The molecular weight excluding hydrogens is 342 g/mol. The molecule has 0 amide bonds. The van der Waals surface area contributed by atoms with Gasteiger partial charge in [-0.2, -0.15) is 8.78 Å². The van der Waals surface area contributed by atoms with Crippen molar-refractivity contribution in [3.63, 3.8) is 0 Å². The standard InChI is InChI=1S/C18H22F2N4O2/c1-12-7-8-15(26-17(19)20)13(9-12)10-22-18(21-2)23-11-14-5-4-6-16(24-14)25-3/h4-9,17H,10-11H2,1-3H3,(H2,21,22,23). The largest absolute Gasteiger partial charge is 0.481 e. The van der Waals surface area contributed by atoms with Crippen LogP contribution in [0.4, 0.5) is 8.78 Å². The van der Waals surface area contributed by atoms with Crippen molar-refractivity contribution in [3.05, 3.63) is 53.2 Å². The SMILES string of the molecule is CN=C(NCc1cccc(OC)n1)NCc1cc(C)ccc1OC(F)F. The van der Waals surface area contributed by atoms with E-state index in [1.54, 1.807) is 32.4 Å². The molecule has 0 radical (unpaired) electrons. The maximum absolute atomic E-state index is 12.5. The molecule has 0 aliphatic carbocycles. The molecule has 0 bridgehead atoms. The molecule has 0 atom stereocenters. The number of aliphatic imine (C=N–C) groups is 1. The Morgan fingerprint density at radius 2 is 1.96 bits per heavy atom. The monoisotopic (exact) mass is 364 g/mol. The zero-order valence-corrected chi connectivity index (χ0v) is 14.9. The minimum atomic E-state index is -2.87.